The number of halogens is 3. The fourth-order valence-corrected chi connectivity index (χ4v) is 2.92. The Balaban J connectivity index is 1.61. The van der Waals surface area contributed by atoms with Crippen LogP contribution in [0.5, 0.6) is 5.75 Å². The molecule has 26 heavy (non-hydrogen) atoms. The van der Waals surface area contributed by atoms with Gasteiger partial charge in [0.2, 0.25) is 0 Å². The number of anilines is 1. The van der Waals surface area contributed by atoms with E-state index in [2.05, 4.69) is 5.32 Å². The second kappa shape index (κ2) is 8.43. The molecule has 0 saturated carbocycles. The number of benzene rings is 3. The molecule has 0 atom stereocenters. The molecule has 0 saturated heterocycles. The highest BCUT2D eigenvalue weighted by Gasteiger charge is 2.05. The van der Waals surface area contributed by atoms with Gasteiger partial charge in [0.05, 0.1) is 5.02 Å². The monoisotopic (exact) mass is 389 g/mol. The molecular formula is C21H18Cl2FNO. The lowest BCUT2D eigenvalue weighted by molar-refractivity contribution is 0.306. The minimum absolute atomic E-state index is 0.265. The van der Waals surface area contributed by atoms with E-state index >= 15 is 0 Å². The van der Waals surface area contributed by atoms with Crippen LogP contribution in [-0.4, -0.2) is 0 Å². The molecule has 3 aromatic rings. The van der Waals surface area contributed by atoms with Crippen molar-refractivity contribution in [3.05, 3.63) is 93.2 Å². The van der Waals surface area contributed by atoms with E-state index in [4.69, 9.17) is 27.9 Å². The lowest BCUT2D eigenvalue weighted by Crippen LogP contribution is -2.02. The average molecular weight is 390 g/mol. The molecule has 0 aromatic heterocycles. The van der Waals surface area contributed by atoms with Crippen LogP contribution < -0.4 is 10.1 Å². The first-order valence-electron chi connectivity index (χ1n) is 8.17. The first-order chi connectivity index (χ1) is 12.5. The normalized spacial score (nSPS) is 10.6. The van der Waals surface area contributed by atoms with Crippen LogP contribution in [0, 0.1) is 12.7 Å². The summed E-state index contributed by atoms with van der Waals surface area (Å²) in [5.41, 5.74) is 4.03. The molecular weight excluding hydrogens is 372 g/mol. The second-order valence-corrected chi connectivity index (χ2v) is 6.84. The predicted molar refractivity (Wildman–Crippen MR) is 106 cm³/mol. The Morgan fingerprint density at radius 3 is 2.38 bits per heavy atom. The number of hydrogen-bond donors (Lipinski definition) is 1. The first kappa shape index (κ1) is 18.6. The van der Waals surface area contributed by atoms with Crippen molar-refractivity contribution in [3.63, 3.8) is 0 Å². The van der Waals surface area contributed by atoms with Gasteiger partial charge >= 0.3 is 0 Å². The van der Waals surface area contributed by atoms with Gasteiger partial charge in [-0.25, -0.2) is 4.39 Å². The highest BCUT2D eigenvalue weighted by molar-refractivity contribution is 6.32. The molecule has 0 fully saturated rings. The van der Waals surface area contributed by atoms with Crippen molar-refractivity contribution in [1.82, 2.24) is 0 Å². The molecule has 0 bridgehead atoms. The highest BCUT2D eigenvalue weighted by Crippen LogP contribution is 2.27. The summed E-state index contributed by atoms with van der Waals surface area (Å²) in [5, 5.41) is 4.59. The van der Waals surface area contributed by atoms with Gasteiger partial charge in [-0.15, -0.1) is 0 Å². The maximum atomic E-state index is 12.9. The van der Waals surface area contributed by atoms with Gasteiger partial charge in [0.1, 0.15) is 18.2 Å². The van der Waals surface area contributed by atoms with Gasteiger partial charge in [-0.2, -0.15) is 0 Å². The van der Waals surface area contributed by atoms with Gasteiger partial charge in [-0.1, -0.05) is 47.5 Å². The number of aryl methyl sites for hydroxylation is 1. The van der Waals surface area contributed by atoms with Crippen LogP contribution in [0.2, 0.25) is 10.0 Å². The van der Waals surface area contributed by atoms with Gasteiger partial charge in [-0.3, -0.25) is 0 Å². The number of nitrogens with one attached hydrogen (secondary N) is 1. The van der Waals surface area contributed by atoms with Crippen LogP contribution in [0.4, 0.5) is 10.1 Å². The van der Waals surface area contributed by atoms with Gasteiger partial charge < -0.3 is 10.1 Å². The van der Waals surface area contributed by atoms with Gasteiger partial charge in [0, 0.05) is 17.3 Å². The molecule has 5 heteroatoms. The minimum Gasteiger partial charge on any atom is -0.487 e. The molecule has 0 aliphatic carbocycles. The lowest BCUT2D eigenvalue weighted by Gasteiger charge is -2.12. The van der Waals surface area contributed by atoms with E-state index in [-0.39, 0.29) is 5.82 Å². The van der Waals surface area contributed by atoms with Crippen LogP contribution in [0.3, 0.4) is 0 Å². The van der Waals surface area contributed by atoms with Crippen molar-refractivity contribution in [1.29, 1.82) is 0 Å². The summed E-state index contributed by atoms with van der Waals surface area (Å²) in [6, 6.07) is 17.6. The van der Waals surface area contributed by atoms with Crippen molar-refractivity contribution in [2.24, 2.45) is 0 Å². The zero-order valence-corrected chi connectivity index (χ0v) is 15.7. The maximum Gasteiger partial charge on any atom is 0.138 e. The van der Waals surface area contributed by atoms with E-state index in [9.17, 15) is 4.39 Å². The predicted octanol–water partition coefficient (Wildman–Crippen LogP) is 6.63. The molecule has 0 aliphatic heterocycles. The van der Waals surface area contributed by atoms with Crippen molar-refractivity contribution in [3.8, 4) is 5.75 Å². The Kier molecular flexibility index (Phi) is 6.02. The Bertz CT molecular complexity index is 897. The van der Waals surface area contributed by atoms with Crippen molar-refractivity contribution in [2.75, 3.05) is 5.32 Å². The summed E-state index contributed by atoms with van der Waals surface area (Å²) < 4.78 is 18.6. The summed E-state index contributed by atoms with van der Waals surface area (Å²) in [5.74, 6) is 0.331. The topological polar surface area (TPSA) is 21.3 Å². The van der Waals surface area contributed by atoms with Crippen LogP contribution in [-0.2, 0) is 13.2 Å². The fraction of sp³-hybridized carbons (Fsp3) is 0.143. The molecule has 0 heterocycles. The second-order valence-electron chi connectivity index (χ2n) is 5.99. The summed E-state index contributed by atoms with van der Waals surface area (Å²) in [7, 11) is 0. The van der Waals surface area contributed by atoms with E-state index in [0.29, 0.717) is 28.9 Å². The molecule has 0 aliphatic rings. The third-order valence-corrected chi connectivity index (χ3v) is 4.52. The zero-order valence-electron chi connectivity index (χ0n) is 14.2. The number of hydrogen-bond acceptors (Lipinski definition) is 2. The summed E-state index contributed by atoms with van der Waals surface area (Å²) in [6.45, 7) is 2.98. The minimum atomic E-state index is -0.265. The highest BCUT2D eigenvalue weighted by atomic mass is 35.5. The van der Waals surface area contributed by atoms with Crippen molar-refractivity contribution < 1.29 is 9.13 Å². The van der Waals surface area contributed by atoms with Crippen molar-refractivity contribution in [2.45, 2.75) is 20.1 Å². The third-order valence-electron chi connectivity index (χ3n) is 3.99. The Morgan fingerprint density at radius 1 is 0.923 bits per heavy atom. The Hall–Kier alpha value is -2.23. The molecule has 0 spiro atoms. The fourth-order valence-electron chi connectivity index (χ4n) is 2.50. The van der Waals surface area contributed by atoms with E-state index in [1.165, 1.54) is 12.1 Å². The largest absolute Gasteiger partial charge is 0.487 e. The summed E-state index contributed by atoms with van der Waals surface area (Å²) in [6.07, 6.45) is 0. The van der Waals surface area contributed by atoms with Crippen LogP contribution in [0.15, 0.2) is 60.7 Å². The Labute approximate surface area is 162 Å². The number of rotatable bonds is 6. The van der Waals surface area contributed by atoms with Crippen LogP contribution >= 0.6 is 23.2 Å². The average Bonchev–Trinajstić information content (AvgIpc) is 2.63. The molecule has 0 unspecified atom stereocenters. The Morgan fingerprint density at radius 2 is 1.65 bits per heavy atom. The molecule has 1 N–H and O–H groups in total. The van der Waals surface area contributed by atoms with E-state index < -0.39 is 0 Å². The van der Waals surface area contributed by atoms with E-state index in [1.54, 1.807) is 12.1 Å². The molecule has 0 radical (unpaired) electrons. The summed E-state index contributed by atoms with van der Waals surface area (Å²) in [4.78, 5) is 0. The number of ether oxygens (including phenoxy) is 1. The third kappa shape index (κ3) is 4.90. The van der Waals surface area contributed by atoms with Crippen LogP contribution in [0.25, 0.3) is 0 Å². The zero-order chi connectivity index (χ0) is 18.5. The molecule has 0 amide bonds. The van der Waals surface area contributed by atoms with Gasteiger partial charge in [0.15, 0.2) is 0 Å². The smallest absolute Gasteiger partial charge is 0.138 e. The molecule has 134 valence electrons. The molecule has 2 nitrogen and oxygen atoms in total. The van der Waals surface area contributed by atoms with Crippen LogP contribution in [0.1, 0.15) is 16.7 Å². The van der Waals surface area contributed by atoms with E-state index in [1.807, 2.05) is 43.3 Å². The van der Waals surface area contributed by atoms with Gasteiger partial charge in [0.25, 0.3) is 0 Å². The summed E-state index contributed by atoms with van der Waals surface area (Å²) >= 11 is 12.4. The molecule has 3 aromatic carbocycles. The molecule has 3 rings (SSSR count). The standard InChI is InChI=1S/C21H18Cl2FNO/c1-14-2-6-17(22)11-20(14)25-12-16-5-9-21(19(23)10-16)26-13-15-3-7-18(24)8-4-15/h2-11,25H,12-13H2,1H3. The first-order valence-corrected chi connectivity index (χ1v) is 8.92. The van der Waals surface area contributed by atoms with E-state index in [0.717, 1.165) is 22.4 Å². The lowest BCUT2D eigenvalue weighted by atomic mass is 10.1. The van der Waals surface area contributed by atoms with Gasteiger partial charge in [-0.05, 0) is 60.0 Å². The maximum absolute atomic E-state index is 12.9. The SMILES string of the molecule is Cc1ccc(Cl)cc1NCc1ccc(OCc2ccc(F)cc2)c(Cl)c1. The van der Waals surface area contributed by atoms with Crippen molar-refractivity contribution >= 4 is 28.9 Å². The quantitative estimate of drug-likeness (QED) is 0.510.